The van der Waals surface area contributed by atoms with Crippen LogP contribution in [0.5, 0.6) is 11.5 Å². The lowest BCUT2D eigenvalue weighted by Crippen LogP contribution is -2.20. The summed E-state index contributed by atoms with van der Waals surface area (Å²) in [6.45, 7) is 0.342. The molecule has 27 heavy (non-hydrogen) atoms. The summed E-state index contributed by atoms with van der Waals surface area (Å²) < 4.78 is 20.9. The Bertz CT molecular complexity index is 1100. The number of para-hydroxylation sites is 1. The molecule has 0 bridgehead atoms. The maximum absolute atomic E-state index is 12.3. The molecule has 0 spiro atoms. The molecule has 1 aromatic heterocycles. The predicted octanol–water partition coefficient (Wildman–Crippen LogP) is 2.60. The first-order valence-electron chi connectivity index (χ1n) is 8.25. The van der Waals surface area contributed by atoms with Crippen molar-refractivity contribution in [1.82, 2.24) is 0 Å². The zero-order valence-corrected chi connectivity index (χ0v) is 14.1. The van der Waals surface area contributed by atoms with Gasteiger partial charge in [-0.05, 0) is 30.3 Å². The van der Waals surface area contributed by atoms with Crippen molar-refractivity contribution in [2.45, 2.75) is 0 Å². The molecule has 0 aliphatic carbocycles. The number of fused-ring (bicyclic) bond motifs is 2. The Labute approximate surface area is 153 Å². The van der Waals surface area contributed by atoms with Gasteiger partial charge in [-0.1, -0.05) is 18.2 Å². The summed E-state index contributed by atoms with van der Waals surface area (Å²) in [5.41, 5.74) is -0.391. The molecular formula is C20H14O7. The van der Waals surface area contributed by atoms with Gasteiger partial charge in [-0.25, -0.2) is 9.59 Å². The minimum absolute atomic E-state index is 0.260. The van der Waals surface area contributed by atoms with Crippen molar-refractivity contribution in [2.75, 3.05) is 19.8 Å². The van der Waals surface area contributed by atoms with Gasteiger partial charge in [-0.3, -0.25) is 4.79 Å². The van der Waals surface area contributed by atoms with E-state index in [1.165, 1.54) is 12.1 Å². The summed E-state index contributed by atoms with van der Waals surface area (Å²) in [7, 11) is 0. The number of hydrogen-bond acceptors (Lipinski definition) is 7. The lowest BCUT2D eigenvalue weighted by atomic mass is 10.1. The molecule has 0 atom stereocenters. The molecular weight excluding hydrogens is 352 g/mol. The molecule has 0 N–H and O–H groups in total. The van der Waals surface area contributed by atoms with E-state index in [0.29, 0.717) is 41.2 Å². The maximum Gasteiger partial charge on any atom is 0.351 e. The highest BCUT2D eigenvalue weighted by Gasteiger charge is 2.19. The Hall–Kier alpha value is -3.61. The normalized spacial score (nSPS) is 12.6. The first-order valence-corrected chi connectivity index (χ1v) is 8.25. The van der Waals surface area contributed by atoms with Crippen LogP contribution in [0.2, 0.25) is 0 Å². The van der Waals surface area contributed by atoms with E-state index in [4.69, 9.17) is 18.6 Å². The van der Waals surface area contributed by atoms with Crippen LogP contribution in [0, 0.1) is 0 Å². The molecule has 1 aliphatic rings. The van der Waals surface area contributed by atoms with Gasteiger partial charge in [0.2, 0.25) is 0 Å². The van der Waals surface area contributed by atoms with Gasteiger partial charge in [-0.15, -0.1) is 0 Å². The summed E-state index contributed by atoms with van der Waals surface area (Å²) in [5.74, 6) is -0.317. The lowest BCUT2D eigenvalue weighted by Gasteiger charge is -2.18. The van der Waals surface area contributed by atoms with Crippen molar-refractivity contribution < 1.29 is 28.2 Å². The number of Topliss-reactive ketones (excluding diaryl/α,β-unsaturated/α-hetero) is 1. The number of ether oxygens (including phenoxy) is 3. The van der Waals surface area contributed by atoms with Gasteiger partial charge < -0.3 is 18.6 Å². The van der Waals surface area contributed by atoms with Crippen molar-refractivity contribution in [3.05, 3.63) is 70.1 Å². The molecule has 2 aromatic carbocycles. The van der Waals surface area contributed by atoms with Crippen molar-refractivity contribution in [3.63, 3.8) is 0 Å². The Morgan fingerprint density at radius 3 is 2.59 bits per heavy atom. The van der Waals surface area contributed by atoms with E-state index in [1.807, 2.05) is 0 Å². The molecule has 4 rings (SSSR count). The fourth-order valence-electron chi connectivity index (χ4n) is 2.71. The first-order chi connectivity index (χ1) is 13.1. The topological polar surface area (TPSA) is 92.0 Å². The number of carbonyl (C=O) groups excluding carboxylic acids is 2. The molecule has 0 saturated heterocycles. The van der Waals surface area contributed by atoms with E-state index in [2.05, 4.69) is 0 Å². The second-order valence-electron chi connectivity index (χ2n) is 5.84. The van der Waals surface area contributed by atoms with E-state index >= 15 is 0 Å². The average molecular weight is 366 g/mol. The second kappa shape index (κ2) is 6.95. The first kappa shape index (κ1) is 16.8. The number of esters is 1. The fraction of sp³-hybridized carbons (Fsp3) is 0.150. The highest BCUT2D eigenvalue weighted by molar-refractivity contribution is 6.00. The van der Waals surface area contributed by atoms with Gasteiger partial charge in [0.1, 0.15) is 24.4 Å². The number of benzene rings is 2. The maximum atomic E-state index is 12.3. The van der Waals surface area contributed by atoms with E-state index in [9.17, 15) is 14.4 Å². The van der Waals surface area contributed by atoms with E-state index < -0.39 is 24.0 Å². The highest BCUT2D eigenvalue weighted by Crippen LogP contribution is 2.30. The number of ketones is 1. The minimum atomic E-state index is -0.916. The van der Waals surface area contributed by atoms with Gasteiger partial charge in [-0.2, -0.15) is 0 Å². The van der Waals surface area contributed by atoms with Crippen LogP contribution in [-0.4, -0.2) is 31.6 Å². The van der Waals surface area contributed by atoms with Crippen LogP contribution >= 0.6 is 0 Å². The third kappa shape index (κ3) is 3.39. The van der Waals surface area contributed by atoms with Crippen molar-refractivity contribution in [1.29, 1.82) is 0 Å². The second-order valence-corrected chi connectivity index (χ2v) is 5.84. The van der Waals surface area contributed by atoms with Crippen LogP contribution in [0.4, 0.5) is 0 Å². The van der Waals surface area contributed by atoms with E-state index in [0.717, 1.165) is 0 Å². The fourth-order valence-corrected chi connectivity index (χ4v) is 2.71. The quantitative estimate of drug-likeness (QED) is 0.398. The van der Waals surface area contributed by atoms with Crippen molar-refractivity contribution in [3.8, 4) is 11.5 Å². The molecule has 0 amide bonds. The molecule has 0 saturated carbocycles. The molecule has 0 fully saturated rings. The zero-order chi connectivity index (χ0) is 18.8. The van der Waals surface area contributed by atoms with Crippen molar-refractivity contribution in [2.24, 2.45) is 0 Å². The van der Waals surface area contributed by atoms with E-state index in [1.54, 1.807) is 36.4 Å². The lowest BCUT2D eigenvalue weighted by molar-refractivity contribution is 0.0470. The summed E-state index contributed by atoms with van der Waals surface area (Å²) in [4.78, 5) is 36.5. The van der Waals surface area contributed by atoms with Crippen LogP contribution in [0.25, 0.3) is 11.0 Å². The van der Waals surface area contributed by atoms with Gasteiger partial charge >= 0.3 is 11.6 Å². The number of rotatable bonds is 4. The van der Waals surface area contributed by atoms with Crippen LogP contribution in [0.1, 0.15) is 20.7 Å². The minimum Gasteiger partial charge on any atom is -0.486 e. The van der Waals surface area contributed by atoms with Gasteiger partial charge in [0, 0.05) is 10.9 Å². The van der Waals surface area contributed by atoms with Crippen molar-refractivity contribution >= 4 is 22.7 Å². The molecule has 0 radical (unpaired) electrons. The van der Waals surface area contributed by atoms with Gasteiger partial charge in [0.15, 0.2) is 23.9 Å². The summed E-state index contributed by atoms with van der Waals surface area (Å²) in [6, 6.07) is 12.9. The van der Waals surface area contributed by atoms with Gasteiger partial charge in [0.05, 0.1) is 0 Å². The average Bonchev–Trinajstić information content (AvgIpc) is 2.70. The van der Waals surface area contributed by atoms with Crippen LogP contribution in [0.15, 0.2) is 57.7 Å². The third-order valence-corrected chi connectivity index (χ3v) is 4.06. The highest BCUT2D eigenvalue weighted by atomic mass is 16.6. The Morgan fingerprint density at radius 2 is 1.74 bits per heavy atom. The largest absolute Gasteiger partial charge is 0.486 e. The van der Waals surface area contributed by atoms with E-state index in [-0.39, 0.29) is 5.56 Å². The Kier molecular flexibility index (Phi) is 4.33. The zero-order valence-electron chi connectivity index (χ0n) is 14.1. The number of carbonyl (C=O) groups is 2. The van der Waals surface area contributed by atoms with Crippen LogP contribution < -0.4 is 15.1 Å². The standard InChI is InChI=1S/C20H14O7/c21-15(12-5-6-17-18(10-12)25-8-7-24-17)11-26-19(22)14-9-13-3-1-2-4-16(13)27-20(14)23/h1-6,9-10H,7-8,11H2. The van der Waals surface area contributed by atoms with Crippen LogP contribution in [0.3, 0.4) is 0 Å². The smallest absolute Gasteiger partial charge is 0.351 e. The molecule has 1 aliphatic heterocycles. The third-order valence-electron chi connectivity index (χ3n) is 4.06. The Morgan fingerprint density at radius 1 is 0.963 bits per heavy atom. The SMILES string of the molecule is O=C(COC(=O)c1cc2ccccc2oc1=O)c1ccc2c(c1)OCCO2. The molecule has 136 valence electrons. The van der Waals surface area contributed by atoms with Crippen LogP contribution in [-0.2, 0) is 4.74 Å². The summed E-state index contributed by atoms with van der Waals surface area (Å²) in [5, 5.41) is 0.585. The summed E-state index contributed by atoms with van der Waals surface area (Å²) in [6.07, 6.45) is 0. The van der Waals surface area contributed by atoms with Gasteiger partial charge in [0.25, 0.3) is 0 Å². The molecule has 7 heteroatoms. The number of hydrogen-bond donors (Lipinski definition) is 0. The molecule has 7 nitrogen and oxygen atoms in total. The monoisotopic (exact) mass is 366 g/mol. The Balaban J connectivity index is 1.48. The summed E-state index contributed by atoms with van der Waals surface area (Å²) >= 11 is 0. The predicted molar refractivity (Wildman–Crippen MR) is 94.5 cm³/mol. The molecule has 0 unspecified atom stereocenters. The molecule has 2 heterocycles. The molecule has 3 aromatic rings.